The van der Waals surface area contributed by atoms with E-state index >= 15 is 0 Å². The molecule has 0 bridgehead atoms. The average Bonchev–Trinajstić information content (AvgIpc) is 2.33. The van der Waals surface area contributed by atoms with Crippen molar-refractivity contribution in [2.24, 2.45) is 0 Å². The lowest BCUT2D eigenvalue weighted by Crippen LogP contribution is -2.65. The van der Waals surface area contributed by atoms with Crippen LogP contribution < -0.4 is 0 Å². The monoisotopic (exact) mass is 344 g/mol. The maximum atomic E-state index is 13.6. The molecule has 22 heavy (non-hydrogen) atoms. The van der Waals surface area contributed by atoms with Crippen LogP contribution in [0.2, 0.25) is 19.6 Å². The van der Waals surface area contributed by atoms with Crippen molar-refractivity contribution in [2.45, 2.75) is 64.7 Å². The second-order valence-electron chi connectivity index (χ2n) is 5.74. The molecule has 0 aromatic carbocycles. The number of hydrogen-bond acceptors (Lipinski definition) is 5. The Labute approximate surface area is 129 Å². The van der Waals surface area contributed by atoms with E-state index in [4.69, 9.17) is 9.16 Å². The quantitative estimate of drug-likeness (QED) is 0.403. The van der Waals surface area contributed by atoms with E-state index in [2.05, 4.69) is 4.74 Å². The van der Waals surface area contributed by atoms with Gasteiger partial charge in [0, 0.05) is 0 Å². The van der Waals surface area contributed by atoms with Crippen molar-refractivity contribution in [2.75, 3.05) is 6.61 Å². The summed E-state index contributed by atoms with van der Waals surface area (Å²) >= 11 is 0. The van der Waals surface area contributed by atoms with Crippen LogP contribution in [0.25, 0.3) is 0 Å². The summed E-state index contributed by atoms with van der Waals surface area (Å²) in [4.78, 5) is 24.1. The Kier molecular flexibility index (Phi) is 7.08. The summed E-state index contributed by atoms with van der Waals surface area (Å²) in [5.74, 6) is -3.58. The van der Waals surface area contributed by atoms with Gasteiger partial charge in [-0.15, -0.1) is 0 Å². The molecule has 0 heterocycles. The smallest absolute Gasteiger partial charge is 0.438 e. The summed E-state index contributed by atoms with van der Waals surface area (Å²) < 4.78 is 54.9. The molecule has 0 rings (SSSR count). The van der Waals surface area contributed by atoms with Crippen LogP contribution in [0.5, 0.6) is 0 Å². The highest BCUT2D eigenvalue weighted by molar-refractivity contribution is 6.70. The first-order chi connectivity index (χ1) is 9.81. The number of rotatable bonds is 7. The first-order valence-corrected chi connectivity index (χ1v) is 10.4. The summed E-state index contributed by atoms with van der Waals surface area (Å²) in [5.41, 5.74) is -3.74. The number of hydrogen-bond donors (Lipinski definition) is 0. The van der Waals surface area contributed by atoms with Crippen molar-refractivity contribution in [3.8, 4) is 0 Å². The van der Waals surface area contributed by atoms with Gasteiger partial charge in [0.25, 0.3) is 0 Å². The lowest BCUT2D eigenvalue weighted by molar-refractivity contribution is -0.260. The van der Waals surface area contributed by atoms with Gasteiger partial charge in [-0.05, 0) is 39.9 Å². The molecule has 0 aliphatic heterocycles. The molecule has 0 aliphatic rings. The van der Waals surface area contributed by atoms with Gasteiger partial charge >= 0.3 is 23.7 Å². The molecule has 0 radical (unpaired) electrons. The lowest BCUT2D eigenvalue weighted by Gasteiger charge is -2.36. The second kappa shape index (κ2) is 7.45. The molecular weight excluding hydrogens is 321 g/mol. The van der Waals surface area contributed by atoms with Crippen LogP contribution in [-0.2, 0) is 23.5 Å². The van der Waals surface area contributed by atoms with Crippen LogP contribution in [0, 0.1) is 0 Å². The number of esters is 2. The van der Waals surface area contributed by atoms with E-state index < -0.39 is 38.1 Å². The Morgan fingerprint density at radius 3 is 1.91 bits per heavy atom. The minimum Gasteiger partial charge on any atom is -0.463 e. The van der Waals surface area contributed by atoms with Gasteiger partial charge in [0.2, 0.25) is 0 Å². The predicted octanol–water partition coefficient (Wildman–Crippen LogP) is 3.04. The third-order valence-electron chi connectivity index (χ3n) is 2.59. The van der Waals surface area contributed by atoms with Crippen molar-refractivity contribution >= 4 is 20.3 Å². The fourth-order valence-corrected chi connectivity index (χ4v) is 2.70. The molecular formula is C13H23F3O5Si. The molecule has 0 N–H and O–H groups in total. The van der Waals surface area contributed by atoms with Gasteiger partial charge in [-0.2, -0.15) is 13.2 Å². The zero-order valence-electron chi connectivity index (χ0n) is 13.7. The molecule has 0 amide bonds. The van der Waals surface area contributed by atoms with Gasteiger partial charge in [-0.25, -0.2) is 9.59 Å². The molecule has 0 fully saturated rings. The van der Waals surface area contributed by atoms with Crippen LogP contribution in [0.3, 0.4) is 0 Å². The zero-order valence-corrected chi connectivity index (χ0v) is 14.7. The third kappa shape index (κ3) is 4.98. The van der Waals surface area contributed by atoms with Gasteiger partial charge in [-0.1, -0.05) is 6.92 Å². The van der Waals surface area contributed by atoms with Gasteiger partial charge in [-0.3, -0.25) is 0 Å². The summed E-state index contributed by atoms with van der Waals surface area (Å²) in [6.07, 6.45) is -5.77. The highest BCUT2D eigenvalue weighted by atomic mass is 28.4. The van der Waals surface area contributed by atoms with E-state index in [1.165, 1.54) is 33.5 Å². The van der Waals surface area contributed by atoms with Crippen molar-refractivity contribution in [3.05, 3.63) is 0 Å². The molecule has 0 aliphatic carbocycles. The van der Waals surface area contributed by atoms with Gasteiger partial charge in [0.1, 0.15) is 0 Å². The van der Waals surface area contributed by atoms with E-state index in [9.17, 15) is 22.8 Å². The minimum absolute atomic E-state index is 0.301. The average molecular weight is 344 g/mol. The van der Waals surface area contributed by atoms with E-state index in [-0.39, 0.29) is 6.61 Å². The molecule has 2 unspecified atom stereocenters. The Bertz CT molecular complexity index is 405. The third-order valence-corrected chi connectivity index (χ3v) is 3.51. The van der Waals surface area contributed by atoms with Crippen LogP contribution in [0.15, 0.2) is 0 Å². The van der Waals surface area contributed by atoms with Crippen molar-refractivity contribution in [1.29, 1.82) is 0 Å². The van der Waals surface area contributed by atoms with E-state index in [0.29, 0.717) is 6.42 Å². The molecule has 0 saturated heterocycles. The molecule has 0 saturated carbocycles. The SMILES string of the molecule is CCOC(=O)C(O[Si](C)(C)C)(C(=O)OC(C)CC)C(F)(F)F. The summed E-state index contributed by atoms with van der Waals surface area (Å²) in [6.45, 7) is 8.39. The van der Waals surface area contributed by atoms with Crippen LogP contribution in [0.1, 0.15) is 27.2 Å². The molecule has 0 aromatic heterocycles. The maximum absolute atomic E-state index is 13.6. The number of alkyl halides is 3. The van der Waals surface area contributed by atoms with Crippen LogP contribution in [-0.4, -0.2) is 44.7 Å². The first-order valence-electron chi connectivity index (χ1n) is 6.97. The topological polar surface area (TPSA) is 61.8 Å². The number of carbonyl (C=O) groups excluding carboxylic acids is 2. The standard InChI is InChI=1S/C13H23F3O5Si/c1-7-9(3)20-11(18)12(13(14,15)16,10(17)19-8-2)21-22(4,5)6/h9H,7-8H2,1-6H3. The summed E-state index contributed by atoms with van der Waals surface area (Å²) in [6, 6.07) is 0. The summed E-state index contributed by atoms with van der Waals surface area (Å²) in [5, 5.41) is 0. The molecule has 2 atom stereocenters. The van der Waals surface area contributed by atoms with Gasteiger partial charge in [0.15, 0.2) is 8.32 Å². The van der Waals surface area contributed by atoms with E-state index in [1.54, 1.807) is 6.92 Å². The highest BCUT2D eigenvalue weighted by Gasteiger charge is 2.71. The number of carbonyl (C=O) groups is 2. The number of ether oxygens (including phenoxy) is 2. The van der Waals surface area contributed by atoms with Crippen LogP contribution in [0.4, 0.5) is 13.2 Å². The molecule has 0 aromatic rings. The lowest BCUT2D eigenvalue weighted by atomic mass is 10.0. The van der Waals surface area contributed by atoms with Crippen LogP contribution >= 0.6 is 0 Å². The van der Waals surface area contributed by atoms with E-state index in [0.717, 1.165) is 0 Å². The second-order valence-corrected chi connectivity index (χ2v) is 10.2. The van der Waals surface area contributed by atoms with E-state index in [1.807, 2.05) is 0 Å². The predicted molar refractivity (Wildman–Crippen MR) is 75.7 cm³/mol. The van der Waals surface area contributed by atoms with Crippen molar-refractivity contribution in [1.82, 2.24) is 0 Å². The van der Waals surface area contributed by atoms with Crippen molar-refractivity contribution < 1.29 is 36.7 Å². The first kappa shape index (κ1) is 20.9. The molecule has 130 valence electrons. The highest BCUT2D eigenvalue weighted by Crippen LogP contribution is 2.39. The molecule has 9 heteroatoms. The summed E-state index contributed by atoms with van der Waals surface area (Å²) in [7, 11) is -2.94. The minimum atomic E-state index is -5.29. The molecule has 0 spiro atoms. The Morgan fingerprint density at radius 2 is 1.59 bits per heavy atom. The Hall–Kier alpha value is -1.09. The molecule has 5 nitrogen and oxygen atoms in total. The zero-order chi connectivity index (χ0) is 17.8. The fourth-order valence-electron chi connectivity index (χ4n) is 1.50. The largest absolute Gasteiger partial charge is 0.463 e. The normalized spacial score (nSPS) is 16.6. The van der Waals surface area contributed by atoms with Crippen molar-refractivity contribution in [3.63, 3.8) is 0 Å². The Balaban J connectivity index is 5.97. The maximum Gasteiger partial charge on any atom is 0.438 e. The Morgan fingerprint density at radius 1 is 1.09 bits per heavy atom. The van der Waals surface area contributed by atoms with Gasteiger partial charge < -0.3 is 13.9 Å². The van der Waals surface area contributed by atoms with Gasteiger partial charge in [0.05, 0.1) is 12.7 Å². The fraction of sp³-hybridized carbons (Fsp3) is 0.846. The number of halogens is 3.